The van der Waals surface area contributed by atoms with Crippen molar-refractivity contribution in [3.05, 3.63) is 25.0 Å². The minimum absolute atomic E-state index is 0.317. The van der Waals surface area contributed by atoms with E-state index in [0.717, 1.165) is 20.8 Å². The van der Waals surface area contributed by atoms with Gasteiger partial charge in [0.15, 0.2) is 12.2 Å². The minimum atomic E-state index is -1.26. The van der Waals surface area contributed by atoms with Gasteiger partial charge in [0, 0.05) is 27.7 Å². The van der Waals surface area contributed by atoms with Gasteiger partial charge in [-0.1, -0.05) is 12.7 Å². The molecule has 10 nitrogen and oxygen atoms in total. The molecule has 0 aliphatic carbocycles. The highest BCUT2D eigenvalue weighted by Crippen LogP contribution is 2.30. The van der Waals surface area contributed by atoms with Crippen molar-refractivity contribution in [3.63, 3.8) is 0 Å². The van der Waals surface area contributed by atoms with Gasteiger partial charge in [0.25, 0.3) is 0 Å². The van der Waals surface area contributed by atoms with Gasteiger partial charge in [-0.3, -0.25) is 19.2 Å². The second-order valence-electron chi connectivity index (χ2n) is 5.77. The van der Waals surface area contributed by atoms with E-state index in [1.54, 1.807) is 0 Å². The quantitative estimate of drug-likeness (QED) is 0.250. The van der Waals surface area contributed by atoms with Crippen LogP contribution in [-0.2, 0) is 47.6 Å². The summed E-state index contributed by atoms with van der Waals surface area (Å²) in [5.74, 6) is -2.72. The summed E-state index contributed by atoms with van der Waals surface area (Å²) in [6.07, 6.45) is -1.90. The summed E-state index contributed by atoms with van der Waals surface area (Å²) in [6, 6.07) is 0. The average molecular weight is 400 g/mol. The summed E-state index contributed by atoms with van der Waals surface area (Å²) in [4.78, 5) is 45.9. The second kappa shape index (κ2) is 11.1. The molecule has 1 aliphatic rings. The number of hydrogen-bond donors (Lipinski definition) is 0. The molecule has 0 aromatic rings. The van der Waals surface area contributed by atoms with E-state index in [0.29, 0.717) is 0 Å². The van der Waals surface area contributed by atoms with E-state index >= 15 is 0 Å². The molecular formula is C18H24O10. The van der Waals surface area contributed by atoms with Crippen molar-refractivity contribution in [2.75, 3.05) is 6.61 Å². The van der Waals surface area contributed by atoms with Gasteiger partial charge in [0.05, 0.1) is 6.26 Å². The zero-order valence-electron chi connectivity index (χ0n) is 16.1. The van der Waals surface area contributed by atoms with E-state index in [4.69, 9.17) is 28.4 Å². The summed E-state index contributed by atoms with van der Waals surface area (Å²) in [5.41, 5.74) is 0. The monoisotopic (exact) mass is 400 g/mol. The van der Waals surface area contributed by atoms with Crippen molar-refractivity contribution in [1.82, 2.24) is 0 Å². The molecule has 1 heterocycles. The smallest absolute Gasteiger partial charge is 0.303 e. The van der Waals surface area contributed by atoms with Crippen LogP contribution >= 0.6 is 0 Å². The third-order valence-electron chi connectivity index (χ3n) is 3.38. The van der Waals surface area contributed by atoms with E-state index in [1.165, 1.54) is 25.3 Å². The lowest BCUT2D eigenvalue weighted by Crippen LogP contribution is -2.62. The highest BCUT2D eigenvalue weighted by molar-refractivity contribution is 5.68. The van der Waals surface area contributed by atoms with Gasteiger partial charge in [-0.25, -0.2) is 0 Å². The molecular weight excluding hydrogens is 376 g/mol. The predicted octanol–water partition coefficient (Wildman–Crippen LogP) is 0.786. The molecule has 0 N–H and O–H groups in total. The first kappa shape index (κ1) is 23.2. The highest BCUT2D eigenvalue weighted by atomic mass is 16.7. The van der Waals surface area contributed by atoms with Crippen LogP contribution < -0.4 is 0 Å². The van der Waals surface area contributed by atoms with Crippen LogP contribution in [0.25, 0.3) is 0 Å². The van der Waals surface area contributed by atoms with E-state index in [-0.39, 0.29) is 6.61 Å². The largest absolute Gasteiger partial charge is 0.468 e. The van der Waals surface area contributed by atoms with E-state index in [9.17, 15) is 19.2 Å². The van der Waals surface area contributed by atoms with E-state index in [2.05, 4.69) is 6.58 Å². The van der Waals surface area contributed by atoms with Gasteiger partial charge in [-0.2, -0.15) is 0 Å². The molecule has 1 saturated heterocycles. The van der Waals surface area contributed by atoms with Crippen LogP contribution in [0.5, 0.6) is 0 Å². The number of carbonyl (C=O) groups is 4. The first-order valence-electron chi connectivity index (χ1n) is 8.39. The Labute approximate surface area is 162 Å². The van der Waals surface area contributed by atoms with Crippen LogP contribution in [0.1, 0.15) is 27.7 Å². The number of esters is 4. The Balaban J connectivity index is 3.28. The standard InChI is InChI=1S/C18H24O10/c1-6-7-8-23-18-17(27-13(5)22)16(26-12(4)21)15(25-11(3)20)14(28-18)9-24-10(2)19/h6-8,14-18H,1,9H2,2-5H3/b8-7+/t14-,15-,16+,17-,18-/m1/s1. The minimum Gasteiger partial charge on any atom is -0.468 e. The number of rotatable bonds is 8. The predicted molar refractivity (Wildman–Crippen MR) is 92.4 cm³/mol. The maximum absolute atomic E-state index is 11.6. The Bertz CT molecular complexity index is 626. The van der Waals surface area contributed by atoms with Crippen molar-refractivity contribution in [3.8, 4) is 0 Å². The molecule has 0 saturated carbocycles. The molecule has 1 fully saturated rings. The Kier molecular flexibility index (Phi) is 9.16. The van der Waals surface area contributed by atoms with Crippen molar-refractivity contribution in [1.29, 1.82) is 0 Å². The van der Waals surface area contributed by atoms with Crippen molar-refractivity contribution < 1.29 is 47.6 Å². The summed E-state index contributed by atoms with van der Waals surface area (Å²) >= 11 is 0. The lowest BCUT2D eigenvalue weighted by atomic mass is 9.98. The third-order valence-corrected chi connectivity index (χ3v) is 3.38. The summed E-state index contributed by atoms with van der Waals surface area (Å²) in [5, 5.41) is 0. The molecule has 156 valence electrons. The fourth-order valence-corrected chi connectivity index (χ4v) is 2.48. The fraction of sp³-hybridized carbons (Fsp3) is 0.556. The van der Waals surface area contributed by atoms with Crippen LogP contribution in [0.4, 0.5) is 0 Å². The average Bonchev–Trinajstić information content (AvgIpc) is 2.57. The number of allylic oxidation sites excluding steroid dienone is 2. The van der Waals surface area contributed by atoms with Crippen LogP contribution in [0.2, 0.25) is 0 Å². The molecule has 0 unspecified atom stereocenters. The van der Waals surface area contributed by atoms with Gasteiger partial charge in [0.2, 0.25) is 12.4 Å². The van der Waals surface area contributed by atoms with Crippen LogP contribution in [-0.4, -0.2) is 61.2 Å². The molecule has 1 aliphatic heterocycles. The summed E-state index contributed by atoms with van der Waals surface area (Å²) in [7, 11) is 0. The number of ether oxygens (including phenoxy) is 6. The molecule has 0 radical (unpaired) electrons. The van der Waals surface area contributed by atoms with Crippen LogP contribution in [0, 0.1) is 0 Å². The summed E-state index contributed by atoms with van der Waals surface area (Å²) < 4.78 is 31.7. The fourth-order valence-electron chi connectivity index (χ4n) is 2.48. The van der Waals surface area contributed by atoms with Gasteiger partial charge in [0.1, 0.15) is 12.7 Å². The van der Waals surface area contributed by atoms with Crippen molar-refractivity contribution >= 4 is 23.9 Å². The van der Waals surface area contributed by atoms with Crippen LogP contribution in [0.15, 0.2) is 25.0 Å². The molecule has 10 heteroatoms. The summed E-state index contributed by atoms with van der Waals surface area (Å²) in [6.45, 7) is 7.80. The molecule has 0 amide bonds. The Morgan fingerprint density at radius 2 is 1.39 bits per heavy atom. The van der Waals surface area contributed by atoms with E-state index < -0.39 is 54.6 Å². The third kappa shape index (κ3) is 7.39. The van der Waals surface area contributed by atoms with Gasteiger partial charge >= 0.3 is 23.9 Å². The van der Waals surface area contributed by atoms with Crippen molar-refractivity contribution in [2.24, 2.45) is 0 Å². The van der Waals surface area contributed by atoms with Gasteiger partial charge in [-0.05, 0) is 6.08 Å². The molecule has 5 atom stereocenters. The topological polar surface area (TPSA) is 124 Å². The molecule has 28 heavy (non-hydrogen) atoms. The van der Waals surface area contributed by atoms with Gasteiger partial charge in [-0.15, -0.1) is 0 Å². The lowest BCUT2D eigenvalue weighted by molar-refractivity contribution is -0.297. The number of hydrogen-bond acceptors (Lipinski definition) is 10. The Morgan fingerprint density at radius 1 is 0.857 bits per heavy atom. The first-order chi connectivity index (χ1) is 13.1. The first-order valence-corrected chi connectivity index (χ1v) is 8.39. The normalized spacial score (nSPS) is 26.8. The zero-order chi connectivity index (χ0) is 21.3. The zero-order valence-corrected chi connectivity index (χ0v) is 16.1. The maximum Gasteiger partial charge on any atom is 0.303 e. The van der Waals surface area contributed by atoms with Crippen molar-refractivity contribution in [2.45, 2.75) is 58.4 Å². The Hall–Kier alpha value is -2.88. The SMILES string of the molecule is C=C/C=C/O[C@@H]1O[C@H](COC(C)=O)[C@@H](OC(C)=O)[C@H](OC(C)=O)[C@H]1OC(C)=O. The molecule has 0 spiro atoms. The highest BCUT2D eigenvalue weighted by Gasteiger charge is 2.53. The Morgan fingerprint density at radius 3 is 1.89 bits per heavy atom. The molecule has 1 rings (SSSR count). The molecule has 0 aromatic heterocycles. The number of carbonyl (C=O) groups excluding carboxylic acids is 4. The maximum atomic E-state index is 11.6. The molecule has 0 bridgehead atoms. The van der Waals surface area contributed by atoms with Crippen LogP contribution in [0.3, 0.4) is 0 Å². The van der Waals surface area contributed by atoms with E-state index in [1.807, 2.05) is 0 Å². The lowest BCUT2D eigenvalue weighted by Gasteiger charge is -2.43. The molecule has 0 aromatic carbocycles. The van der Waals surface area contributed by atoms with Gasteiger partial charge < -0.3 is 28.4 Å². The second-order valence-corrected chi connectivity index (χ2v) is 5.77.